The summed E-state index contributed by atoms with van der Waals surface area (Å²) in [7, 11) is 0. The van der Waals surface area contributed by atoms with Crippen molar-refractivity contribution in [2.45, 2.75) is 6.54 Å². The molecule has 0 saturated heterocycles. The van der Waals surface area contributed by atoms with E-state index in [0.717, 1.165) is 40.2 Å². The van der Waals surface area contributed by atoms with Crippen LogP contribution in [0.1, 0.15) is 5.56 Å². The number of hydrogen-bond acceptors (Lipinski definition) is 1. The molecule has 2 aromatic carbocycles. The van der Waals surface area contributed by atoms with Crippen molar-refractivity contribution in [3.63, 3.8) is 0 Å². The largest absolute Gasteiger partial charge is 0.381 e. The van der Waals surface area contributed by atoms with Crippen LogP contribution in [0, 0.1) is 0 Å². The average Bonchev–Trinajstić information content (AvgIpc) is 2.44. The van der Waals surface area contributed by atoms with Crippen LogP contribution in [0.3, 0.4) is 0 Å². The fraction of sp³-hybridized carbons (Fsp3) is 0.0769. The quantitative estimate of drug-likeness (QED) is 0.303. The van der Waals surface area contributed by atoms with Gasteiger partial charge in [-0.3, -0.25) is 0 Å². The van der Waals surface area contributed by atoms with Gasteiger partial charge in [-0.05, 0) is 91.8 Å². The minimum absolute atomic E-state index is 0.718. The molecule has 0 unspecified atom stereocenters. The van der Waals surface area contributed by atoms with Crippen LogP contribution in [0.25, 0.3) is 0 Å². The maximum Gasteiger partial charge on any atom is 0.0482 e. The van der Waals surface area contributed by atoms with Crippen LogP contribution < -0.4 is 5.32 Å². The van der Waals surface area contributed by atoms with Crippen LogP contribution in [-0.4, -0.2) is 0 Å². The zero-order valence-corrected chi connectivity index (χ0v) is 17.4. The van der Waals surface area contributed by atoms with Gasteiger partial charge in [0, 0.05) is 40.2 Å². The summed E-state index contributed by atoms with van der Waals surface area (Å²) in [6.45, 7) is 0.718. The Kier molecular flexibility index (Phi) is 5.96. The van der Waals surface area contributed by atoms with E-state index >= 15 is 0 Å². The lowest BCUT2D eigenvalue weighted by atomic mass is 10.2. The summed E-state index contributed by atoms with van der Waals surface area (Å²) in [6.07, 6.45) is 0. The molecule has 0 aliphatic rings. The fourth-order valence-electron chi connectivity index (χ4n) is 1.55. The Hall–Kier alpha value is 0.640. The number of halogens is 5. The first-order chi connectivity index (χ1) is 9.02. The van der Waals surface area contributed by atoms with E-state index in [-0.39, 0.29) is 0 Å². The number of para-hydroxylation sites is 1. The van der Waals surface area contributed by atoms with Gasteiger partial charge in [0.25, 0.3) is 0 Å². The summed E-state index contributed by atoms with van der Waals surface area (Å²) in [5, 5.41) is 3.40. The molecule has 6 heteroatoms. The molecule has 0 heterocycles. The van der Waals surface area contributed by atoms with E-state index in [9.17, 15) is 0 Å². The molecular weight excluding hydrogens is 570 g/mol. The summed E-state index contributed by atoms with van der Waals surface area (Å²) in [5.41, 5.74) is 2.24. The zero-order chi connectivity index (χ0) is 14.0. The van der Waals surface area contributed by atoms with E-state index in [2.05, 4.69) is 85.0 Å². The van der Waals surface area contributed by atoms with Gasteiger partial charge in [-0.15, -0.1) is 0 Å². The van der Waals surface area contributed by atoms with Gasteiger partial charge in [0.05, 0.1) is 0 Å². The molecule has 0 bridgehead atoms. The van der Waals surface area contributed by atoms with Gasteiger partial charge in [0.1, 0.15) is 0 Å². The number of nitrogens with one attached hydrogen (secondary N) is 1. The Labute approximate surface area is 154 Å². The van der Waals surface area contributed by atoms with Crippen LogP contribution >= 0.6 is 79.6 Å². The Balaban J connectivity index is 2.31. The van der Waals surface area contributed by atoms with Crippen molar-refractivity contribution in [2.75, 3.05) is 5.32 Å². The maximum absolute atomic E-state index is 3.62. The highest BCUT2D eigenvalue weighted by Gasteiger charge is 2.17. The van der Waals surface area contributed by atoms with E-state index in [1.54, 1.807) is 0 Å². The van der Waals surface area contributed by atoms with Gasteiger partial charge in [0.15, 0.2) is 0 Å². The normalized spacial score (nSPS) is 10.6. The molecule has 1 nitrogen and oxygen atoms in total. The van der Waals surface area contributed by atoms with Crippen molar-refractivity contribution in [3.05, 3.63) is 58.3 Å². The summed E-state index contributed by atoms with van der Waals surface area (Å²) < 4.78 is 5.02. The molecule has 19 heavy (non-hydrogen) atoms. The minimum atomic E-state index is 0.718. The second kappa shape index (κ2) is 7.07. The highest BCUT2D eigenvalue weighted by Crippen LogP contribution is 2.44. The Bertz CT molecular complexity index is 569. The van der Waals surface area contributed by atoms with Crippen molar-refractivity contribution in [1.82, 2.24) is 0 Å². The van der Waals surface area contributed by atoms with Crippen molar-refractivity contribution >= 4 is 85.3 Å². The summed E-state index contributed by atoms with van der Waals surface area (Å²) >= 11 is 17.9. The number of anilines is 1. The molecule has 0 spiro atoms. The molecule has 2 rings (SSSR count). The number of hydrogen-bond donors (Lipinski definition) is 1. The third-order valence-corrected chi connectivity index (χ3v) is 8.80. The predicted octanol–water partition coefficient (Wildman–Crippen LogP) is 7.11. The average molecular weight is 578 g/mol. The Morgan fingerprint density at radius 2 is 1.16 bits per heavy atom. The smallest absolute Gasteiger partial charge is 0.0482 e. The number of benzene rings is 2. The van der Waals surface area contributed by atoms with Gasteiger partial charge in [0.2, 0.25) is 0 Å². The third kappa shape index (κ3) is 3.64. The summed E-state index contributed by atoms with van der Waals surface area (Å²) in [5.74, 6) is 0. The Morgan fingerprint density at radius 1 is 0.684 bits per heavy atom. The standard InChI is InChI=1S/C13H8Br5N/c14-9-8(6-19-7-4-2-1-3-5-7)10(15)12(17)13(18)11(9)16/h1-5,19H,6H2. The molecule has 0 aromatic heterocycles. The lowest BCUT2D eigenvalue weighted by Gasteiger charge is -2.15. The first kappa shape index (κ1) is 16.0. The highest BCUT2D eigenvalue weighted by molar-refractivity contribution is 9.15. The topological polar surface area (TPSA) is 12.0 Å². The van der Waals surface area contributed by atoms with Crippen LogP contribution in [0.2, 0.25) is 0 Å². The van der Waals surface area contributed by atoms with Gasteiger partial charge < -0.3 is 5.32 Å². The van der Waals surface area contributed by atoms with Crippen LogP contribution in [0.5, 0.6) is 0 Å². The SMILES string of the molecule is Brc1c(Br)c(Br)c(CNc2ccccc2)c(Br)c1Br. The molecule has 0 fully saturated rings. The fourth-order valence-corrected chi connectivity index (χ4v) is 4.96. The van der Waals surface area contributed by atoms with E-state index in [1.165, 1.54) is 0 Å². The predicted molar refractivity (Wildman–Crippen MR) is 98.7 cm³/mol. The number of rotatable bonds is 3. The third-order valence-electron chi connectivity index (χ3n) is 2.54. The molecular formula is C13H8Br5N. The van der Waals surface area contributed by atoms with Gasteiger partial charge in [-0.1, -0.05) is 18.2 Å². The first-order valence-corrected chi connectivity index (χ1v) is 9.28. The monoisotopic (exact) mass is 573 g/mol. The van der Waals surface area contributed by atoms with E-state index in [4.69, 9.17) is 0 Å². The van der Waals surface area contributed by atoms with Crippen molar-refractivity contribution < 1.29 is 0 Å². The van der Waals surface area contributed by atoms with E-state index in [0.29, 0.717) is 0 Å². The van der Waals surface area contributed by atoms with Gasteiger partial charge in [-0.2, -0.15) is 0 Å². The van der Waals surface area contributed by atoms with Gasteiger partial charge >= 0.3 is 0 Å². The second-order valence-corrected chi connectivity index (χ2v) is 7.73. The van der Waals surface area contributed by atoms with Crippen LogP contribution in [0.4, 0.5) is 5.69 Å². The van der Waals surface area contributed by atoms with Crippen molar-refractivity contribution in [2.24, 2.45) is 0 Å². The van der Waals surface area contributed by atoms with E-state index in [1.807, 2.05) is 30.3 Å². The van der Waals surface area contributed by atoms with Crippen LogP contribution in [0.15, 0.2) is 52.7 Å². The summed E-state index contributed by atoms with van der Waals surface area (Å²) in [4.78, 5) is 0. The molecule has 0 atom stereocenters. The second-order valence-electron chi connectivity index (χ2n) is 3.77. The lowest BCUT2D eigenvalue weighted by Crippen LogP contribution is -2.02. The first-order valence-electron chi connectivity index (χ1n) is 5.31. The van der Waals surface area contributed by atoms with Crippen molar-refractivity contribution in [1.29, 1.82) is 0 Å². The molecule has 100 valence electrons. The molecule has 1 N–H and O–H groups in total. The minimum Gasteiger partial charge on any atom is -0.381 e. The molecule has 0 aliphatic heterocycles. The summed E-state index contributed by atoms with van der Waals surface area (Å²) in [6, 6.07) is 10.1. The van der Waals surface area contributed by atoms with Gasteiger partial charge in [-0.25, -0.2) is 0 Å². The molecule has 0 aliphatic carbocycles. The lowest BCUT2D eigenvalue weighted by molar-refractivity contribution is 1.11. The van der Waals surface area contributed by atoms with Crippen LogP contribution in [-0.2, 0) is 6.54 Å². The molecule has 0 saturated carbocycles. The Morgan fingerprint density at radius 3 is 1.68 bits per heavy atom. The van der Waals surface area contributed by atoms with Crippen molar-refractivity contribution in [3.8, 4) is 0 Å². The molecule has 0 radical (unpaired) electrons. The van der Waals surface area contributed by atoms with E-state index < -0.39 is 0 Å². The highest BCUT2D eigenvalue weighted by atomic mass is 79.9. The maximum atomic E-state index is 3.62. The molecule has 2 aromatic rings. The molecule has 0 amide bonds. The zero-order valence-electron chi connectivity index (χ0n) is 9.48.